The highest BCUT2D eigenvalue weighted by molar-refractivity contribution is 6.31. The quantitative estimate of drug-likeness (QED) is 0.899. The van der Waals surface area contributed by atoms with Crippen LogP contribution in [0.15, 0.2) is 12.1 Å². The number of halogens is 1. The zero-order valence-corrected chi connectivity index (χ0v) is 14.2. The van der Waals surface area contributed by atoms with E-state index < -0.39 is 0 Å². The third-order valence-corrected chi connectivity index (χ3v) is 4.79. The van der Waals surface area contributed by atoms with Gasteiger partial charge in [0, 0.05) is 43.3 Å². The molecule has 122 valence electrons. The van der Waals surface area contributed by atoms with Crippen LogP contribution in [0.5, 0.6) is 11.5 Å². The number of nitrogens with one attached hydrogen (secondary N) is 1. The number of ether oxygens (including phenoxy) is 2. The summed E-state index contributed by atoms with van der Waals surface area (Å²) in [5, 5.41) is 4.21. The van der Waals surface area contributed by atoms with Gasteiger partial charge >= 0.3 is 0 Å². The van der Waals surface area contributed by atoms with E-state index in [1.807, 2.05) is 6.07 Å². The van der Waals surface area contributed by atoms with Gasteiger partial charge < -0.3 is 14.8 Å². The van der Waals surface area contributed by atoms with Gasteiger partial charge in [-0.05, 0) is 30.4 Å². The van der Waals surface area contributed by atoms with Crippen LogP contribution in [0.4, 0.5) is 0 Å². The molecule has 2 aliphatic rings. The van der Waals surface area contributed by atoms with Gasteiger partial charge in [0.15, 0.2) is 11.5 Å². The van der Waals surface area contributed by atoms with Gasteiger partial charge in [0.2, 0.25) is 6.79 Å². The predicted molar refractivity (Wildman–Crippen MR) is 88.8 cm³/mol. The second kappa shape index (κ2) is 7.07. The first kappa shape index (κ1) is 15.9. The second-order valence-electron chi connectivity index (χ2n) is 6.50. The molecule has 3 rings (SSSR count). The van der Waals surface area contributed by atoms with Crippen LogP contribution >= 0.6 is 11.6 Å². The van der Waals surface area contributed by atoms with E-state index in [-0.39, 0.29) is 0 Å². The number of piperazine rings is 1. The van der Waals surface area contributed by atoms with E-state index in [1.165, 1.54) is 12.0 Å². The van der Waals surface area contributed by atoms with Crippen LogP contribution in [0.1, 0.15) is 38.3 Å². The van der Waals surface area contributed by atoms with Crippen LogP contribution in [0, 0.1) is 5.92 Å². The molecule has 0 aromatic heterocycles. The van der Waals surface area contributed by atoms with E-state index in [2.05, 4.69) is 30.1 Å². The predicted octanol–water partition coefficient (Wildman–Crippen LogP) is 3.45. The van der Waals surface area contributed by atoms with Crippen LogP contribution in [0.3, 0.4) is 0 Å². The SMILES string of the molecule is CC(C)CC[C@H](c1cc2c(cc1Cl)OCO2)N1CCNCC1. The second-order valence-corrected chi connectivity index (χ2v) is 6.91. The molecule has 4 nitrogen and oxygen atoms in total. The third-order valence-electron chi connectivity index (χ3n) is 4.46. The van der Waals surface area contributed by atoms with Gasteiger partial charge in [0.05, 0.1) is 0 Å². The van der Waals surface area contributed by atoms with Crippen LogP contribution in [-0.2, 0) is 0 Å². The first-order valence-electron chi connectivity index (χ1n) is 8.19. The van der Waals surface area contributed by atoms with Gasteiger partial charge in [-0.15, -0.1) is 0 Å². The Morgan fingerprint density at radius 1 is 1.14 bits per heavy atom. The Hall–Kier alpha value is -0.970. The molecular formula is C17H25ClN2O2. The highest BCUT2D eigenvalue weighted by atomic mass is 35.5. The lowest BCUT2D eigenvalue weighted by atomic mass is 9.95. The molecule has 0 unspecified atom stereocenters. The minimum atomic E-state index is 0.291. The lowest BCUT2D eigenvalue weighted by Gasteiger charge is -2.36. The average molecular weight is 325 g/mol. The number of nitrogens with zero attached hydrogens (tertiary/aromatic N) is 1. The molecule has 0 radical (unpaired) electrons. The van der Waals surface area contributed by atoms with Crippen molar-refractivity contribution in [3.63, 3.8) is 0 Å². The Labute approximate surface area is 137 Å². The van der Waals surface area contributed by atoms with Gasteiger partial charge in [-0.2, -0.15) is 0 Å². The molecule has 1 fully saturated rings. The lowest BCUT2D eigenvalue weighted by molar-refractivity contribution is 0.159. The number of hydrogen-bond donors (Lipinski definition) is 1. The zero-order valence-electron chi connectivity index (χ0n) is 13.4. The molecule has 5 heteroatoms. The molecular weight excluding hydrogens is 300 g/mol. The van der Waals surface area contributed by atoms with Crippen molar-refractivity contribution >= 4 is 11.6 Å². The molecule has 1 aromatic rings. The molecule has 2 heterocycles. The van der Waals surface area contributed by atoms with Crippen LogP contribution in [0.25, 0.3) is 0 Å². The zero-order chi connectivity index (χ0) is 15.5. The third kappa shape index (κ3) is 3.50. The Morgan fingerprint density at radius 2 is 1.82 bits per heavy atom. The smallest absolute Gasteiger partial charge is 0.231 e. The van der Waals surface area contributed by atoms with Gasteiger partial charge in [0.1, 0.15) is 0 Å². The van der Waals surface area contributed by atoms with E-state index in [0.29, 0.717) is 18.8 Å². The van der Waals surface area contributed by atoms with E-state index >= 15 is 0 Å². The summed E-state index contributed by atoms with van der Waals surface area (Å²) in [4.78, 5) is 2.54. The molecule has 1 saturated heterocycles. The van der Waals surface area contributed by atoms with Crippen molar-refractivity contribution in [2.45, 2.75) is 32.7 Å². The molecule has 1 aromatic carbocycles. The van der Waals surface area contributed by atoms with E-state index in [0.717, 1.165) is 49.1 Å². The van der Waals surface area contributed by atoms with Gasteiger partial charge in [0.25, 0.3) is 0 Å². The number of rotatable bonds is 5. The van der Waals surface area contributed by atoms with Crippen LogP contribution in [-0.4, -0.2) is 37.9 Å². The molecule has 1 N–H and O–H groups in total. The van der Waals surface area contributed by atoms with Crippen molar-refractivity contribution < 1.29 is 9.47 Å². The fraction of sp³-hybridized carbons (Fsp3) is 0.647. The number of fused-ring (bicyclic) bond motifs is 1. The van der Waals surface area contributed by atoms with Crippen LogP contribution < -0.4 is 14.8 Å². The van der Waals surface area contributed by atoms with Crippen molar-refractivity contribution in [1.82, 2.24) is 10.2 Å². The van der Waals surface area contributed by atoms with Gasteiger partial charge in [-0.25, -0.2) is 0 Å². The minimum Gasteiger partial charge on any atom is -0.454 e. The van der Waals surface area contributed by atoms with Crippen LogP contribution in [0.2, 0.25) is 5.02 Å². The maximum Gasteiger partial charge on any atom is 0.231 e. The summed E-state index contributed by atoms with van der Waals surface area (Å²) in [5.74, 6) is 2.28. The summed E-state index contributed by atoms with van der Waals surface area (Å²) in [6.45, 7) is 9.05. The maximum atomic E-state index is 6.56. The summed E-state index contributed by atoms with van der Waals surface area (Å²) in [5.41, 5.74) is 1.17. The maximum absolute atomic E-state index is 6.56. The lowest BCUT2D eigenvalue weighted by Crippen LogP contribution is -2.45. The normalized spacial score (nSPS) is 19.6. The highest BCUT2D eigenvalue weighted by Crippen LogP contribution is 2.41. The average Bonchev–Trinajstić information content (AvgIpc) is 2.95. The Bertz CT molecular complexity index is 516. The fourth-order valence-electron chi connectivity index (χ4n) is 3.21. The number of hydrogen-bond acceptors (Lipinski definition) is 4. The molecule has 1 atom stereocenters. The first-order valence-corrected chi connectivity index (χ1v) is 8.56. The van der Waals surface area contributed by atoms with Crippen molar-refractivity contribution in [3.05, 3.63) is 22.7 Å². The molecule has 0 amide bonds. The molecule has 2 aliphatic heterocycles. The monoisotopic (exact) mass is 324 g/mol. The fourth-order valence-corrected chi connectivity index (χ4v) is 3.49. The van der Waals surface area contributed by atoms with E-state index in [9.17, 15) is 0 Å². The summed E-state index contributed by atoms with van der Waals surface area (Å²) in [7, 11) is 0. The van der Waals surface area contributed by atoms with Gasteiger partial charge in [-0.1, -0.05) is 25.4 Å². The number of benzene rings is 1. The highest BCUT2D eigenvalue weighted by Gasteiger charge is 2.27. The van der Waals surface area contributed by atoms with E-state index in [1.54, 1.807) is 0 Å². The molecule has 0 bridgehead atoms. The van der Waals surface area contributed by atoms with Crippen molar-refractivity contribution in [2.24, 2.45) is 5.92 Å². The summed E-state index contributed by atoms with van der Waals surface area (Å²) in [6, 6.07) is 4.34. The van der Waals surface area contributed by atoms with Gasteiger partial charge in [-0.3, -0.25) is 4.90 Å². The molecule has 0 aliphatic carbocycles. The Balaban J connectivity index is 1.87. The first-order chi connectivity index (χ1) is 10.6. The molecule has 22 heavy (non-hydrogen) atoms. The van der Waals surface area contributed by atoms with E-state index in [4.69, 9.17) is 21.1 Å². The topological polar surface area (TPSA) is 33.7 Å². The van der Waals surface area contributed by atoms with Crippen molar-refractivity contribution in [2.75, 3.05) is 33.0 Å². The Morgan fingerprint density at radius 3 is 2.50 bits per heavy atom. The van der Waals surface area contributed by atoms with Crippen molar-refractivity contribution in [3.8, 4) is 11.5 Å². The Kier molecular flexibility index (Phi) is 5.11. The molecule has 0 spiro atoms. The summed E-state index contributed by atoms with van der Waals surface area (Å²) in [6.07, 6.45) is 2.32. The summed E-state index contributed by atoms with van der Waals surface area (Å²) < 4.78 is 11.0. The summed E-state index contributed by atoms with van der Waals surface area (Å²) >= 11 is 6.56. The minimum absolute atomic E-state index is 0.291. The largest absolute Gasteiger partial charge is 0.454 e. The standard InChI is InChI=1S/C17H25ClN2O2/c1-12(2)3-4-15(20-7-5-19-6-8-20)13-9-16-17(10-14(13)18)22-11-21-16/h9-10,12,15,19H,3-8,11H2,1-2H3/t15-/m1/s1. The molecule has 0 saturated carbocycles. The van der Waals surface area contributed by atoms with Crippen molar-refractivity contribution in [1.29, 1.82) is 0 Å².